The molecule has 114 valence electrons. The van der Waals surface area contributed by atoms with E-state index in [-0.39, 0.29) is 17.7 Å². The van der Waals surface area contributed by atoms with Crippen molar-refractivity contribution >= 4 is 22.6 Å². The van der Waals surface area contributed by atoms with Gasteiger partial charge in [-0.2, -0.15) is 0 Å². The van der Waals surface area contributed by atoms with E-state index in [1.807, 2.05) is 18.2 Å². The molecule has 1 aliphatic rings. The number of carbonyl (C=O) groups excluding carboxylic acids is 1. The number of benzene rings is 2. The van der Waals surface area contributed by atoms with Crippen molar-refractivity contribution in [2.24, 2.45) is 5.92 Å². The summed E-state index contributed by atoms with van der Waals surface area (Å²) in [6.45, 7) is 3.01. The average Bonchev–Trinajstić information content (AvgIpc) is 3.26. The molecule has 4 nitrogen and oxygen atoms in total. The summed E-state index contributed by atoms with van der Waals surface area (Å²) in [5.74, 6) is -1.16. The molecule has 0 spiro atoms. The summed E-state index contributed by atoms with van der Waals surface area (Å²) >= 11 is 0. The van der Waals surface area contributed by atoms with Gasteiger partial charge in [0.25, 0.3) is 0 Å². The summed E-state index contributed by atoms with van der Waals surface area (Å²) in [7, 11) is 0. The van der Waals surface area contributed by atoms with Crippen molar-refractivity contribution in [1.29, 1.82) is 0 Å². The molecular formula is C18H19NO3. The Morgan fingerprint density at radius 3 is 2.55 bits per heavy atom. The standard InChI is InChI=1S/C18H19NO3/c1-18(2,17(21)22)19-16(20)15-10-14(15)13-9-5-7-11-6-3-4-8-12(11)13/h3-9,14-15H,10H2,1-2H3,(H,19,20)(H,21,22). The smallest absolute Gasteiger partial charge is 0.328 e. The molecule has 4 heteroatoms. The average molecular weight is 297 g/mol. The second-order valence-corrected chi connectivity index (χ2v) is 6.44. The number of amides is 1. The van der Waals surface area contributed by atoms with Crippen molar-refractivity contribution in [2.75, 3.05) is 0 Å². The number of nitrogens with one attached hydrogen (secondary N) is 1. The Labute approximate surface area is 129 Å². The van der Waals surface area contributed by atoms with Gasteiger partial charge < -0.3 is 10.4 Å². The predicted octanol–water partition coefficient (Wildman–Crippen LogP) is 2.92. The van der Waals surface area contributed by atoms with E-state index >= 15 is 0 Å². The van der Waals surface area contributed by atoms with Gasteiger partial charge in [0.15, 0.2) is 0 Å². The first-order valence-corrected chi connectivity index (χ1v) is 7.43. The van der Waals surface area contributed by atoms with Crippen LogP contribution in [0, 0.1) is 5.92 Å². The molecule has 0 radical (unpaired) electrons. The zero-order chi connectivity index (χ0) is 15.9. The molecule has 2 N–H and O–H groups in total. The van der Waals surface area contributed by atoms with Crippen LogP contribution >= 0.6 is 0 Å². The molecule has 1 amide bonds. The van der Waals surface area contributed by atoms with Crippen LogP contribution in [-0.2, 0) is 9.59 Å². The maximum Gasteiger partial charge on any atom is 0.328 e. The van der Waals surface area contributed by atoms with Crippen LogP contribution < -0.4 is 5.32 Å². The zero-order valence-electron chi connectivity index (χ0n) is 12.7. The predicted molar refractivity (Wildman–Crippen MR) is 84.7 cm³/mol. The van der Waals surface area contributed by atoms with Crippen molar-refractivity contribution in [3.05, 3.63) is 48.0 Å². The maximum absolute atomic E-state index is 12.3. The first kappa shape index (κ1) is 14.6. The van der Waals surface area contributed by atoms with Gasteiger partial charge in [-0.25, -0.2) is 4.79 Å². The minimum Gasteiger partial charge on any atom is -0.480 e. The fourth-order valence-electron chi connectivity index (χ4n) is 2.86. The topological polar surface area (TPSA) is 66.4 Å². The van der Waals surface area contributed by atoms with E-state index in [1.165, 1.54) is 24.8 Å². The highest BCUT2D eigenvalue weighted by Gasteiger charge is 2.46. The van der Waals surface area contributed by atoms with Gasteiger partial charge in [0, 0.05) is 5.92 Å². The van der Waals surface area contributed by atoms with Crippen LogP contribution in [0.2, 0.25) is 0 Å². The van der Waals surface area contributed by atoms with Gasteiger partial charge in [0.2, 0.25) is 5.91 Å². The minimum atomic E-state index is -1.23. The lowest BCUT2D eigenvalue weighted by Gasteiger charge is -2.21. The Morgan fingerprint density at radius 2 is 1.82 bits per heavy atom. The highest BCUT2D eigenvalue weighted by Crippen LogP contribution is 2.49. The Kier molecular flexibility index (Phi) is 3.39. The molecule has 2 atom stereocenters. The molecule has 3 rings (SSSR count). The quantitative estimate of drug-likeness (QED) is 0.912. The van der Waals surface area contributed by atoms with Crippen LogP contribution in [-0.4, -0.2) is 22.5 Å². The number of carbonyl (C=O) groups is 2. The molecule has 1 saturated carbocycles. The van der Waals surface area contributed by atoms with Crippen molar-refractivity contribution in [1.82, 2.24) is 5.32 Å². The van der Waals surface area contributed by atoms with Gasteiger partial charge in [-0.1, -0.05) is 42.5 Å². The van der Waals surface area contributed by atoms with E-state index in [4.69, 9.17) is 5.11 Å². The van der Waals surface area contributed by atoms with Crippen LogP contribution in [0.1, 0.15) is 31.7 Å². The number of hydrogen-bond acceptors (Lipinski definition) is 2. The first-order chi connectivity index (χ1) is 10.4. The van der Waals surface area contributed by atoms with Crippen molar-refractivity contribution in [2.45, 2.75) is 31.7 Å². The molecule has 2 aromatic rings. The van der Waals surface area contributed by atoms with E-state index in [2.05, 4.69) is 29.6 Å². The minimum absolute atomic E-state index is 0.135. The molecule has 2 aromatic carbocycles. The molecule has 0 aliphatic heterocycles. The summed E-state index contributed by atoms with van der Waals surface area (Å²) in [6.07, 6.45) is 0.773. The fraction of sp³-hybridized carbons (Fsp3) is 0.333. The lowest BCUT2D eigenvalue weighted by Crippen LogP contribution is -2.50. The van der Waals surface area contributed by atoms with Crippen molar-refractivity contribution in [3.63, 3.8) is 0 Å². The third kappa shape index (κ3) is 2.56. The van der Waals surface area contributed by atoms with E-state index in [1.54, 1.807) is 0 Å². The van der Waals surface area contributed by atoms with Gasteiger partial charge in [-0.3, -0.25) is 4.79 Å². The number of rotatable bonds is 4. The maximum atomic E-state index is 12.3. The van der Waals surface area contributed by atoms with E-state index < -0.39 is 11.5 Å². The zero-order valence-corrected chi connectivity index (χ0v) is 12.7. The molecule has 0 aromatic heterocycles. The largest absolute Gasteiger partial charge is 0.480 e. The lowest BCUT2D eigenvalue weighted by atomic mass is 9.99. The fourth-order valence-corrected chi connectivity index (χ4v) is 2.86. The molecule has 0 saturated heterocycles. The highest BCUT2D eigenvalue weighted by molar-refractivity contribution is 5.92. The third-order valence-electron chi connectivity index (χ3n) is 4.32. The van der Waals surface area contributed by atoms with Crippen molar-refractivity contribution < 1.29 is 14.7 Å². The Balaban J connectivity index is 1.79. The second kappa shape index (κ2) is 5.13. The van der Waals surface area contributed by atoms with Crippen LogP contribution in [0.25, 0.3) is 10.8 Å². The summed E-state index contributed by atoms with van der Waals surface area (Å²) in [4.78, 5) is 23.4. The highest BCUT2D eigenvalue weighted by atomic mass is 16.4. The first-order valence-electron chi connectivity index (χ1n) is 7.43. The molecular weight excluding hydrogens is 278 g/mol. The molecule has 22 heavy (non-hydrogen) atoms. The number of hydrogen-bond donors (Lipinski definition) is 2. The van der Waals surface area contributed by atoms with E-state index in [0.29, 0.717) is 0 Å². The SMILES string of the molecule is CC(C)(NC(=O)C1CC1c1cccc2ccccc12)C(=O)O. The Bertz CT molecular complexity index is 746. The van der Waals surface area contributed by atoms with E-state index in [9.17, 15) is 9.59 Å². The number of carboxylic acid groups (broad SMARTS) is 1. The third-order valence-corrected chi connectivity index (χ3v) is 4.32. The van der Waals surface area contributed by atoms with Crippen LogP contribution in [0.5, 0.6) is 0 Å². The number of carboxylic acids is 1. The number of fused-ring (bicyclic) bond motifs is 1. The molecule has 2 unspecified atom stereocenters. The second-order valence-electron chi connectivity index (χ2n) is 6.44. The Morgan fingerprint density at radius 1 is 1.14 bits per heavy atom. The summed E-state index contributed by atoms with van der Waals surface area (Å²) in [5, 5.41) is 14.1. The molecule has 1 fully saturated rings. The number of aliphatic carboxylic acids is 1. The van der Waals surface area contributed by atoms with Crippen LogP contribution in [0.3, 0.4) is 0 Å². The van der Waals surface area contributed by atoms with Crippen LogP contribution in [0.15, 0.2) is 42.5 Å². The molecule has 0 heterocycles. The van der Waals surface area contributed by atoms with Gasteiger partial charge in [-0.05, 0) is 42.5 Å². The lowest BCUT2D eigenvalue weighted by molar-refractivity contribution is -0.146. The monoisotopic (exact) mass is 297 g/mol. The Hall–Kier alpha value is -2.36. The van der Waals surface area contributed by atoms with Gasteiger partial charge in [-0.15, -0.1) is 0 Å². The van der Waals surface area contributed by atoms with E-state index in [0.717, 1.165) is 11.8 Å². The summed E-state index contributed by atoms with van der Waals surface area (Å²) in [5.41, 5.74) is -0.0606. The van der Waals surface area contributed by atoms with Gasteiger partial charge >= 0.3 is 5.97 Å². The summed E-state index contributed by atoms with van der Waals surface area (Å²) in [6, 6.07) is 14.2. The van der Waals surface area contributed by atoms with Crippen molar-refractivity contribution in [3.8, 4) is 0 Å². The van der Waals surface area contributed by atoms with Gasteiger partial charge in [0.05, 0.1) is 0 Å². The molecule has 0 bridgehead atoms. The normalized spacial score (nSPS) is 20.6. The van der Waals surface area contributed by atoms with Gasteiger partial charge in [0.1, 0.15) is 5.54 Å². The molecule has 1 aliphatic carbocycles. The van der Waals surface area contributed by atoms with Crippen LogP contribution in [0.4, 0.5) is 0 Å². The summed E-state index contributed by atoms with van der Waals surface area (Å²) < 4.78 is 0.